The highest BCUT2D eigenvalue weighted by molar-refractivity contribution is 8.14. The van der Waals surface area contributed by atoms with Gasteiger partial charge in [-0.15, -0.1) is 19.7 Å². The van der Waals surface area contributed by atoms with Crippen LogP contribution in [0.25, 0.3) is 0 Å². The summed E-state index contributed by atoms with van der Waals surface area (Å²) in [7, 11) is 0. The van der Waals surface area contributed by atoms with E-state index in [2.05, 4.69) is 74.7 Å². The number of hydrogen-bond acceptors (Lipinski definition) is 25. The number of aliphatic imine (C=N–C) groups is 2. The molecule has 702 valence electrons. The summed E-state index contributed by atoms with van der Waals surface area (Å²) in [6, 6.07) is 27.0. The summed E-state index contributed by atoms with van der Waals surface area (Å²) < 4.78 is 117. The minimum absolute atomic E-state index is 0.0201. The number of ether oxygens (including phenoxy) is 11. The Hall–Kier alpha value is -6.20. The van der Waals surface area contributed by atoms with Crippen molar-refractivity contribution in [1.29, 1.82) is 0 Å². The highest BCUT2D eigenvalue weighted by Gasteiger charge is 2.53. The van der Waals surface area contributed by atoms with E-state index in [1.165, 1.54) is 48.7 Å². The molecule has 125 heavy (non-hydrogen) atoms. The van der Waals surface area contributed by atoms with Crippen LogP contribution in [0.3, 0.4) is 0 Å². The molecule has 10 aliphatic heterocycles. The number of nitrogens with two attached hydrogens (primary N) is 3. The predicted octanol–water partition coefficient (Wildman–Crippen LogP) is 17.0. The summed E-state index contributed by atoms with van der Waals surface area (Å²) in [5.41, 5.74) is 18.9. The van der Waals surface area contributed by atoms with Gasteiger partial charge in [-0.1, -0.05) is 180 Å². The van der Waals surface area contributed by atoms with Crippen LogP contribution in [0.5, 0.6) is 0 Å². The van der Waals surface area contributed by atoms with Gasteiger partial charge < -0.3 is 94.7 Å². The Morgan fingerprint density at radius 2 is 0.968 bits per heavy atom. The van der Waals surface area contributed by atoms with Crippen molar-refractivity contribution in [2.24, 2.45) is 67.1 Å². The van der Waals surface area contributed by atoms with Crippen molar-refractivity contribution in [3.63, 3.8) is 0 Å². The third kappa shape index (κ3) is 32.7. The number of hydrogen-bond donors (Lipinski definition) is 7. The van der Waals surface area contributed by atoms with Crippen molar-refractivity contribution in [2.45, 2.75) is 255 Å². The van der Waals surface area contributed by atoms with Gasteiger partial charge in [-0.25, -0.2) is 27.5 Å². The summed E-state index contributed by atoms with van der Waals surface area (Å²) in [6.07, 6.45) is 23.0. The minimum atomic E-state index is -0.939. The molecule has 0 bridgehead atoms. The number of fused-ring (bicyclic) bond motifs is 4. The van der Waals surface area contributed by atoms with Gasteiger partial charge in [0.25, 0.3) is 0 Å². The standard InChI is InChI=1S/C15H19FN2OS.C15H19FO2.C14H17FN2O2S.C14H20FNO2.C12H24O3.C8H13NO2.C8H15NO2.C6H12O.C4H8O/c1-2-11-7-10-8-20-14(17)18-15(10,9-19-11)12-5-3-4-6-13(12)16;1-2-12-7-11-8-17-9-15(11,10-18-12)13-5-3-4-6-14(13)16;15-12-4-2-1-3-11(12)14-8-19-10(6-18)5-9(14)7-20-13(16)17-14;1-2-11-7-10(8-17)14(16,9-18-11)12-5-3-4-6-13(12)15;1-5-9-11(6-2)15-10-12(13-7-3)14-8-4;1-2-7-3-6-4-11-9-8(6)5-10-7;1-3-5-8(4-2)11-7-6-9-10;1-3-5-6(7)4-2;1-2-4-3-5-4/h3-6,10-11H,2,7-9H2,1H3,(H2,17,18);3-6,11-12H,2,7-10H2,1H3;1-4,9-10,18H,5-8H2,(H2,16,17);3-6,10-11,17H,2,7-9,16H2,1H3;5,11-12H,1,6-10H2,2-4H3;6-7H,2-5H2,1H3;3,6,8,10H,1,4-5,7H2,2H3;3,6-7H,1,4-5H2,2H3;4H,2-3H2,1H3/t10-,11-,15-;11-,12-,15+;9-,10+,14-;10-,11-,14-;11-;6-,7-;8-;6-;4-/m000000000/s1. The van der Waals surface area contributed by atoms with E-state index in [0.29, 0.717) is 123 Å². The fraction of sp³-hybridized carbons (Fsp3) is 0.646. The normalized spacial score (nSPS) is 28.5. The molecule has 0 aliphatic carbocycles. The van der Waals surface area contributed by atoms with E-state index < -0.39 is 16.6 Å². The number of nitrogens with zero attached hydrogens (tertiary/aromatic N) is 4. The number of aliphatic hydroxyl groups is 3. The molecule has 7 saturated heterocycles. The second-order valence-electron chi connectivity index (χ2n) is 32.6. The molecule has 0 amide bonds. The number of thioether (sulfide) groups is 2. The fourth-order valence-corrected chi connectivity index (χ4v) is 18.4. The van der Waals surface area contributed by atoms with E-state index >= 15 is 0 Å². The predicted molar refractivity (Wildman–Crippen MR) is 492 cm³/mol. The van der Waals surface area contributed by atoms with Crippen molar-refractivity contribution in [1.82, 2.24) is 0 Å². The van der Waals surface area contributed by atoms with Crippen molar-refractivity contribution < 1.29 is 95.0 Å². The van der Waals surface area contributed by atoms with Gasteiger partial charge in [0.1, 0.15) is 41.0 Å². The Bertz CT molecular complexity index is 3750. The van der Waals surface area contributed by atoms with Gasteiger partial charge in [-0.2, -0.15) is 0 Å². The average molecular weight is 1800 g/mol. The molecule has 4 aromatic rings. The molecular formula is C96H147F4N7O16S2. The van der Waals surface area contributed by atoms with Gasteiger partial charge in [-0.05, 0) is 152 Å². The summed E-state index contributed by atoms with van der Waals surface area (Å²) in [5, 5.41) is 43.4. The molecule has 14 rings (SSSR count). The van der Waals surface area contributed by atoms with E-state index in [0.717, 1.165) is 126 Å². The minimum Gasteiger partial charge on any atom is -0.411 e. The largest absolute Gasteiger partial charge is 0.411 e. The summed E-state index contributed by atoms with van der Waals surface area (Å²) in [5.74, 6) is 1.82. The van der Waals surface area contributed by atoms with E-state index in [1.54, 1.807) is 66.4 Å². The Labute approximate surface area is 750 Å². The lowest BCUT2D eigenvalue weighted by atomic mass is 9.69. The third-order valence-electron chi connectivity index (χ3n) is 24.3. The number of rotatable bonds is 30. The third-order valence-corrected chi connectivity index (χ3v) is 26.2. The lowest BCUT2D eigenvalue weighted by Crippen LogP contribution is -2.55. The Kier molecular flexibility index (Phi) is 49.7. The zero-order chi connectivity index (χ0) is 91.2. The maximum atomic E-state index is 14.3. The molecule has 10 aliphatic rings. The Morgan fingerprint density at radius 3 is 1.42 bits per heavy atom. The summed E-state index contributed by atoms with van der Waals surface area (Å²) in [6.45, 7) is 38.7. The van der Waals surface area contributed by atoms with Gasteiger partial charge in [0.2, 0.25) is 0 Å². The Morgan fingerprint density at radius 1 is 0.512 bits per heavy atom. The van der Waals surface area contributed by atoms with Gasteiger partial charge in [0.05, 0.1) is 150 Å². The second-order valence-corrected chi connectivity index (χ2v) is 34.7. The van der Waals surface area contributed by atoms with Crippen molar-refractivity contribution in [2.75, 3.05) is 111 Å². The first-order valence-electron chi connectivity index (χ1n) is 45.0. The number of oxime groups is 2. The smallest absolute Gasteiger partial charge is 0.180 e. The van der Waals surface area contributed by atoms with Crippen molar-refractivity contribution >= 4 is 45.8 Å². The van der Waals surface area contributed by atoms with Crippen LogP contribution in [-0.2, 0) is 79.0 Å². The summed E-state index contributed by atoms with van der Waals surface area (Å²) >= 11 is 3.05. The Balaban J connectivity index is 0.000000222. The van der Waals surface area contributed by atoms with Crippen LogP contribution < -0.4 is 17.2 Å². The van der Waals surface area contributed by atoms with E-state index in [1.807, 2.05) is 71.0 Å². The monoisotopic (exact) mass is 1790 g/mol. The lowest BCUT2D eigenvalue weighted by molar-refractivity contribution is -0.176. The maximum absolute atomic E-state index is 14.3. The molecule has 0 saturated carbocycles. The van der Waals surface area contributed by atoms with Gasteiger partial charge in [0, 0.05) is 71.7 Å². The second kappa shape index (κ2) is 57.8. The number of halogens is 4. The number of aliphatic hydroxyl groups excluding tert-OH is 3. The molecule has 0 unspecified atom stereocenters. The van der Waals surface area contributed by atoms with Crippen LogP contribution in [0.4, 0.5) is 17.6 Å². The molecule has 18 atom stereocenters. The molecule has 10 N–H and O–H groups in total. The first kappa shape index (κ1) is 108. The quantitative estimate of drug-likeness (QED) is 0.00485. The molecule has 23 nitrogen and oxygen atoms in total. The lowest BCUT2D eigenvalue weighted by Gasteiger charge is -2.46. The highest BCUT2D eigenvalue weighted by atomic mass is 32.2. The van der Waals surface area contributed by atoms with Gasteiger partial charge in [-0.3, -0.25) is 0 Å². The molecule has 7 fully saturated rings. The molecule has 0 spiro atoms. The van der Waals surface area contributed by atoms with E-state index in [4.69, 9.17) is 84.5 Å². The van der Waals surface area contributed by atoms with Crippen molar-refractivity contribution in [3.05, 3.63) is 181 Å². The first-order valence-corrected chi connectivity index (χ1v) is 47.0. The zero-order valence-electron chi connectivity index (χ0n) is 75.7. The number of epoxide rings is 1. The average Bonchev–Trinajstić information content (AvgIpc) is 1.04. The highest BCUT2D eigenvalue weighted by Crippen LogP contribution is 2.50. The summed E-state index contributed by atoms with van der Waals surface area (Å²) in [4.78, 5) is 14.2. The van der Waals surface area contributed by atoms with Crippen LogP contribution in [0, 0.1) is 52.9 Å². The van der Waals surface area contributed by atoms with Crippen LogP contribution in [-0.4, -0.2) is 215 Å². The molecule has 4 aromatic carbocycles. The van der Waals surface area contributed by atoms with E-state index in [-0.39, 0.29) is 116 Å². The SMILES string of the molecule is C=CC[C@@H](O)CC.C=CC[C@H](CC)OCC(OCC)OCC.C=CC[C@H](CC)OCC=NO.CC[C@H]1CO1.CC[C@H]1C[C@@H](CO)[C@](N)(c2ccccc2F)CO1.CC[C@H]1C[C@H]2COC[C@@]2(c2ccccc2F)CO1.CC[C@H]1C[C@H]2CON=C2CO1.CC[C@H]1C[C@H]2CSC(N)=N[C@@]2(c2ccccc2F)CO1.NC1=N[C@@]2(c3ccccc3F)CO[C@@H](CO)C[C@H]2CS1. The fourth-order valence-electron chi connectivity index (χ4n) is 16.3. The molecule has 29 heteroatoms. The number of benzene rings is 4. The topological polar surface area (TPSA) is 322 Å². The molecule has 10 heterocycles. The van der Waals surface area contributed by atoms with E-state index in [9.17, 15) is 27.8 Å². The first-order chi connectivity index (χ1) is 60.4. The van der Waals surface area contributed by atoms with Crippen LogP contribution in [0.1, 0.15) is 194 Å². The van der Waals surface area contributed by atoms with Crippen molar-refractivity contribution in [3.8, 4) is 0 Å². The van der Waals surface area contributed by atoms with Gasteiger partial charge >= 0.3 is 0 Å². The zero-order valence-corrected chi connectivity index (χ0v) is 77.3. The van der Waals surface area contributed by atoms with Crippen LogP contribution in [0.15, 0.2) is 155 Å². The van der Waals surface area contributed by atoms with Crippen LogP contribution >= 0.6 is 23.5 Å². The van der Waals surface area contributed by atoms with Crippen LogP contribution in [0.2, 0.25) is 0 Å². The van der Waals surface area contributed by atoms with Gasteiger partial charge in [0.15, 0.2) is 16.6 Å². The number of amidine groups is 2. The maximum Gasteiger partial charge on any atom is 0.180 e. The molecular weight excluding hydrogens is 1650 g/mol. The molecule has 0 aromatic heterocycles. The molecule has 0 radical (unpaired) electrons.